The van der Waals surface area contributed by atoms with Crippen molar-refractivity contribution in [2.45, 2.75) is 18.9 Å². The summed E-state index contributed by atoms with van der Waals surface area (Å²) in [7, 11) is 1.44. The zero-order chi connectivity index (χ0) is 19.2. The monoisotopic (exact) mass is 363 g/mol. The van der Waals surface area contributed by atoms with Crippen LogP contribution in [0.2, 0.25) is 0 Å². The van der Waals surface area contributed by atoms with Gasteiger partial charge in [-0.2, -0.15) is 5.26 Å². The topological polar surface area (TPSA) is 101 Å². The number of nitrogens with zero attached hydrogens (tertiary/aromatic N) is 2. The van der Waals surface area contributed by atoms with Gasteiger partial charge in [-0.3, -0.25) is 9.78 Å². The molecule has 0 aliphatic heterocycles. The Kier molecular flexibility index (Phi) is 5.47. The SMILES string of the molecule is COc1cc(/C=C(\C#N)C(=O)NC2CC2)ccc1OC(=O)c1ccncc1. The number of carbonyl (C=O) groups is 2. The van der Waals surface area contributed by atoms with Gasteiger partial charge in [0.25, 0.3) is 5.91 Å². The molecule has 0 spiro atoms. The number of pyridine rings is 1. The number of hydrogen-bond donors (Lipinski definition) is 1. The molecule has 136 valence electrons. The molecule has 3 rings (SSSR count). The number of ether oxygens (including phenoxy) is 2. The van der Waals surface area contributed by atoms with Crippen molar-refractivity contribution in [3.8, 4) is 17.6 Å². The molecule has 1 saturated carbocycles. The summed E-state index contributed by atoms with van der Waals surface area (Å²) in [6, 6.07) is 9.95. The molecular weight excluding hydrogens is 346 g/mol. The third-order valence-electron chi connectivity index (χ3n) is 3.90. The average Bonchev–Trinajstić information content (AvgIpc) is 3.51. The number of nitrogens with one attached hydrogen (secondary N) is 1. The summed E-state index contributed by atoms with van der Waals surface area (Å²) < 4.78 is 10.6. The van der Waals surface area contributed by atoms with Crippen molar-refractivity contribution < 1.29 is 19.1 Å². The standard InChI is InChI=1S/C20H17N3O4/c1-26-18-11-13(10-15(12-21)19(24)23-16-3-4-16)2-5-17(18)27-20(25)14-6-8-22-9-7-14/h2,5-11,16H,3-4H2,1H3,(H,23,24)/b15-10+. The van der Waals surface area contributed by atoms with Gasteiger partial charge in [0.15, 0.2) is 11.5 Å². The first kappa shape index (κ1) is 18.1. The van der Waals surface area contributed by atoms with E-state index in [-0.39, 0.29) is 17.4 Å². The van der Waals surface area contributed by atoms with Crippen LogP contribution in [-0.4, -0.2) is 30.0 Å². The van der Waals surface area contributed by atoms with E-state index in [1.165, 1.54) is 25.6 Å². The first-order chi connectivity index (χ1) is 13.1. The Morgan fingerprint density at radius 2 is 1.96 bits per heavy atom. The van der Waals surface area contributed by atoms with E-state index in [0.717, 1.165) is 12.8 Å². The number of carbonyl (C=O) groups excluding carboxylic acids is 2. The maximum atomic E-state index is 12.2. The zero-order valence-electron chi connectivity index (χ0n) is 14.6. The Hall–Kier alpha value is -3.66. The lowest BCUT2D eigenvalue weighted by atomic mass is 10.1. The lowest BCUT2D eigenvalue weighted by Gasteiger charge is -2.10. The van der Waals surface area contributed by atoms with Gasteiger partial charge < -0.3 is 14.8 Å². The number of hydrogen-bond acceptors (Lipinski definition) is 6. The van der Waals surface area contributed by atoms with Crippen LogP contribution in [-0.2, 0) is 4.79 Å². The van der Waals surface area contributed by atoms with Crippen molar-refractivity contribution in [2.75, 3.05) is 7.11 Å². The van der Waals surface area contributed by atoms with Crippen LogP contribution in [0.25, 0.3) is 6.08 Å². The predicted octanol–water partition coefficient (Wildman–Crippen LogP) is 2.49. The Labute approximate surface area is 156 Å². The zero-order valence-corrected chi connectivity index (χ0v) is 14.6. The first-order valence-electron chi connectivity index (χ1n) is 8.33. The molecule has 27 heavy (non-hydrogen) atoms. The molecule has 1 heterocycles. The van der Waals surface area contributed by atoms with E-state index in [2.05, 4.69) is 10.3 Å². The molecule has 7 nitrogen and oxygen atoms in total. The molecular formula is C20H17N3O4. The number of aromatic nitrogens is 1. The first-order valence-corrected chi connectivity index (χ1v) is 8.33. The maximum absolute atomic E-state index is 12.2. The molecule has 1 aliphatic carbocycles. The summed E-state index contributed by atoms with van der Waals surface area (Å²) in [5, 5.41) is 12.0. The van der Waals surface area contributed by atoms with E-state index in [4.69, 9.17) is 9.47 Å². The van der Waals surface area contributed by atoms with Gasteiger partial charge in [-0.25, -0.2) is 4.79 Å². The summed E-state index contributed by atoms with van der Waals surface area (Å²) in [5.41, 5.74) is 0.947. The van der Waals surface area contributed by atoms with Crippen molar-refractivity contribution in [3.63, 3.8) is 0 Å². The summed E-state index contributed by atoms with van der Waals surface area (Å²) in [6.45, 7) is 0. The molecule has 2 aromatic rings. The summed E-state index contributed by atoms with van der Waals surface area (Å²) in [5.74, 6) is -0.392. The molecule has 0 saturated heterocycles. The molecule has 1 aromatic heterocycles. The highest BCUT2D eigenvalue weighted by molar-refractivity contribution is 6.02. The highest BCUT2D eigenvalue weighted by Gasteiger charge is 2.24. The minimum atomic E-state index is -0.541. The fourth-order valence-corrected chi connectivity index (χ4v) is 2.31. The lowest BCUT2D eigenvalue weighted by molar-refractivity contribution is -0.117. The molecule has 1 aliphatic rings. The molecule has 0 unspecified atom stereocenters. The number of benzene rings is 1. The largest absolute Gasteiger partial charge is 0.493 e. The van der Waals surface area contributed by atoms with Gasteiger partial charge in [0, 0.05) is 18.4 Å². The molecule has 7 heteroatoms. The molecule has 0 radical (unpaired) electrons. The Bertz CT molecular complexity index is 928. The van der Waals surface area contributed by atoms with Crippen LogP contribution in [0, 0.1) is 11.3 Å². The molecule has 0 bridgehead atoms. The number of nitriles is 1. The summed E-state index contributed by atoms with van der Waals surface area (Å²) >= 11 is 0. The smallest absolute Gasteiger partial charge is 0.343 e. The minimum absolute atomic E-state index is 0.00508. The van der Waals surface area contributed by atoms with E-state index < -0.39 is 11.9 Å². The fourth-order valence-electron chi connectivity index (χ4n) is 2.31. The van der Waals surface area contributed by atoms with Crippen LogP contribution in [0.15, 0.2) is 48.3 Å². The van der Waals surface area contributed by atoms with Crippen LogP contribution in [0.1, 0.15) is 28.8 Å². The fraction of sp³-hybridized carbons (Fsp3) is 0.200. The average molecular weight is 363 g/mol. The highest BCUT2D eigenvalue weighted by atomic mass is 16.6. The number of rotatable bonds is 6. The van der Waals surface area contributed by atoms with E-state index in [0.29, 0.717) is 16.9 Å². The van der Waals surface area contributed by atoms with Gasteiger partial charge in [0.2, 0.25) is 0 Å². The molecule has 0 atom stereocenters. The van der Waals surface area contributed by atoms with Crippen LogP contribution >= 0.6 is 0 Å². The molecule has 1 fully saturated rings. The Morgan fingerprint density at radius 1 is 1.22 bits per heavy atom. The van der Waals surface area contributed by atoms with Crippen LogP contribution in [0.3, 0.4) is 0 Å². The van der Waals surface area contributed by atoms with Gasteiger partial charge in [-0.05, 0) is 48.7 Å². The van der Waals surface area contributed by atoms with E-state index >= 15 is 0 Å². The second-order valence-electron chi connectivity index (χ2n) is 5.95. The lowest BCUT2D eigenvalue weighted by Crippen LogP contribution is -2.26. The molecule has 1 N–H and O–H groups in total. The Morgan fingerprint density at radius 3 is 2.59 bits per heavy atom. The third-order valence-corrected chi connectivity index (χ3v) is 3.90. The van der Waals surface area contributed by atoms with Gasteiger partial charge >= 0.3 is 5.97 Å². The van der Waals surface area contributed by atoms with Gasteiger partial charge in [0.1, 0.15) is 11.6 Å². The van der Waals surface area contributed by atoms with Gasteiger partial charge in [-0.1, -0.05) is 6.07 Å². The van der Waals surface area contributed by atoms with Gasteiger partial charge in [-0.15, -0.1) is 0 Å². The van der Waals surface area contributed by atoms with Crippen molar-refractivity contribution in [2.24, 2.45) is 0 Å². The van der Waals surface area contributed by atoms with E-state index in [1.54, 1.807) is 30.3 Å². The van der Waals surface area contributed by atoms with Crippen LogP contribution in [0.4, 0.5) is 0 Å². The van der Waals surface area contributed by atoms with E-state index in [1.807, 2.05) is 6.07 Å². The normalized spacial score (nSPS) is 13.4. The van der Waals surface area contributed by atoms with Crippen molar-refractivity contribution >= 4 is 18.0 Å². The predicted molar refractivity (Wildman–Crippen MR) is 96.9 cm³/mol. The third kappa shape index (κ3) is 4.70. The number of methoxy groups -OCH3 is 1. The summed E-state index contributed by atoms with van der Waals surface area (Å²) in [6.07, 6.45) is 6.34. The Balaban J connectivity index is 1.79. The number of amides is 1. The van der Waals surface area contributed by atoms with Crippen molar-refractivity contribution in [1.82, 2.24) is 10.3 Å². The minimum Gasteiger partial charge on any atom is -0.493 e. The summed E-state index contributed by atoms with van der Waals surface area (Å²) in [4.78, 5) is 28.1. The highest BCUT2D eigenvalue weighted by Crippen LogP contribution is 2.30. The van der Waals surface area contributed by atoms with Crippen molar-refractivity contribution in [1.29, 1.82) is 5.26 Å². The molecule has 1 aromatic carbocycles. The van der Waals surface area contributed by atoms with E-state index in [9.17, 15) is 14.9 Å². The van der Waals surface area contributed by atoms with Crippen LogP contribution in [0.5, 0.6) is 11.5 Å². The van der Waals surface area contributed by atoms with Crippen LogP contribution < -0.4 is 14.8 Å². The van der Waals surface area contributed by atoms with Gasteiger partial charge in [0.05, 0.1) is 12.7 Å². The van der Waals surface area contributed by atoms with Crippen molar-refractivity contribution in [3.05, 3.63) is 59.4 Å². The number of esters is 1. The maximum Gasteiger partial charge on any atom is 0.343 e. The second kappa shape index (κ2) is 8.15. The quantitative estimate of drug-likeness (QED) is 0.366. The molecule has 1 amide bonds. The second-order valence-corrected chi connectivity index (χ2v) is 5.95.